The van der Waals surface area contributed by atoms with Crippen molar-refractivity contribution in [1.29, 1.82) is 0 Å². The maximum absolute atomic E-state index is 14.4. The summed E-state index contributed by atoms with van der Waals surface area (Å²) in [4.78, 5) is 4.18. The van der Waals surface area contributed by atoms with E-state index in [2.05, 4.69) is 10.3 Å². The van der Waals surface area contributed by atoms with Crippen molar-refractivity contribution in [1.82, 2.24) is 5.32 Å². The third-order valence-corrected chi connectivity index (χ3v) is 5.64. The zero-order valence-electron chi connectivity index (χ0n) is 11.4. The van der Waals surface area contributed by atoms with Crippen LogP contribution in [-0.2, 0) is 4.74 Å². The van der Waals surface area contributed by atoms with E-state index in [1.165, 1.54) is 11.8 Å². The zero-order chi connectivity index (χ0) is 14.3. The van der Waals surface area contributed by atoms with E-state index in [0.717, 1.165) is 25.7 Å². The minimum Gasteiger partial charge on any atom is -0.390 e. The Morgan fingerprint density at radius 2 is 2.15 bits per heavy atom. The summed E-state index contributed by atoms with van der Waals surface area (Å²) in [6.45, 7) is 0. The second kappa shape index (κ2) is 5.79. The second-order valence-corrected chi connectivity index (χ2v) is 6.82. The fraction of sp³-hybridized carbons (Fsp3) is 0.923. The van der Waals surface area contributed by atoms with Crippen molar-refractivity contribution >= 4 is 16.9 Å². The van der Waals surface area contributed by atoms with E-state index in [4.69, 9.17) is 4.74 Å². The first kappa shape index (κ1) is 14.6. The number of aliphatic hydroxyl groups excluding tert-OH is 2. The maximum Gasteiger partial charge on any atom is 0.159 e. The van der Waals surface area contributed by atoms with Crippen LogP contribution in [0, 0.1) is 5.92 Å². The molecular formula is C13H21FN2O3S. The van der Waals surface area contributed by atoms with Gasteiger partial charge in [0.1, 0.15) is 23.7 Å². The number of ether oxygens (including phenoxy) is 1. The van der Waals surface area contributed by atoms with E-state index in [-0.39, 0.29) is 5.92 Å². The highest BCUT2D eigenvalue weighted by Gasteiger charge is 2.52. The summed E-state index contributed by atoms with van der Waals surface area (Å²) in [7, 11) is 1.72. The lowest BCUT2D eigenvalue weighted by atomic mass is 9.88. The number of nitrogens with one attached hydrogen (secondary N) is 1. The highest BCUT2D eigenvalue weighted by Crippen LogP contribution is 2.40. The maximum atomic E-state index is 14.4. The van der Waals surface area contributed by atoms with E-state index >= 15 is 0 Å². The quantitative estimate of drug-likeness (QED) is 0.698. The Balaban J connectivity index is 1.72. The Labute approximate surface area is 122 Å². The molecule has 2 heterocycles. The summed E-state index contributed by atoms with van der Waals surface area (Å²) in [6, 6.07) is -0.690. The molecule has 0 aromatic rings. The van der Waals surface area contributed by atoms with Gasteiger partial charge in [-0.3, -0.25) is 4.99 Å². The van der Waals surface area contributed by atoms with Gasteiger partial charge in [-0.1, -0.05) is 24.6 Å². The molecule has 7 heteroatoms. The molecule has 1 aliphatic carbocycles. The molecule has 0 spiro atoms. The van der Waals surface area contributed by atoms with Crippen LogP contribution in [0.25, 0.3) is 0 Å². The van der Waals surface area contributed by atoms with E-state index < -0.39 is 36.0 Å². The van der Waals surface area contributed by atoms with E-state index in [1.54, 1.807) is 7.05 Å². The Morgan fingerprint density at radius 1 is 1.45 bits per heavy atom. The molecule has 0 radical (unpaired) electrons. The highest BCUT2D eigenvalue weighted by molar-refractivity contribution is 8.14. The lowest BCUT2D eigenvalue weighted by molar-refractivity contribution is -0.178. The van der Waals surface area contributed by atoms with E-state index in [0.29, 0.717) is 5.17 Å². The van der Waals surface area contributed by atoms with Crippen LogP contribution in [0.4, 0.5) is 4.39 Å². The minimum atomic E-state index is -1.49. The predicted octanol–water partition coefficient (Wildman–Crippen LogP) is 0.652. The van der Waals surface area contributed by atoms with Crippen LogP contribution in [0.5, 0.6) is 0 Å². The van der Waals surface area contributed by atoms with Crippen LogP contribution in [-0.4, -0.2) is 58.4 Å². The van der Waals surface area contributed by atoms with Gasteiger partial charge in [-0.15, -0.1) is 0 Å². The minimum absolute atomic E-state index is 0.106. The molecule has 0 bridgehead atoms. The van der Waals surface area contributed by atoms with Gasteiger partial charge in [0, 0.05) is 7.05 Å². The summed E-state index contributed by atoms with van der Waals surface area (Å²) in [5.41, 5.74) is -0.461. The molecule has 2 fully saturated rings. The fourth-order valence-electron chi connectivity index (χ4n) is 3.33. The Morgan fingerprint density at radius 3 is 2.80 bits per heavy atom. The molecule has 2 aliphatic heterocycles. The number of aliphatic imine (C=N–C) groups is 1. The van der Waals surface area contributed by atoms with Gasteiger partial charge in [0.05, 0.1) is 6.10 Å². The number of hydrogen-bond donors (Lipinski definition) is 3. The molecule has 3 aliphatic rings. The van der Waals surface area contributed by atoms with Crippen molar-refractivity contribution < 1.29 is 19.3 Å². The monoisotopic (exact) mass is 304 g/mol. The Kier molecular flexibility index (Phi) is 4.21. The van der Waals surface area contributed by atoms with Gasteiger partial charge in [-0.2, -0.15) is 0 Å². The van der Waals surface area contributed by atoms with Crippen molar-refractivity contribution in [2.45, 2.75) is 61.6 Å². The van der Waals surface area contributed by atoms with Gasteiger partial charge in [0.15, 0.2) is 11.3 Å². The summed E-state index contributed by atoms with van der Waals surface area (Å²) < 4.78 is 20.1. The normalized spacial score (nSPS) is 43.2. The largest absolute Gasteiger partial charge is 0.390 e. The molecule has 3 rings (SSSR count). The zero-order valence-corrected chi connectivity index (χ0v) is 12.2. The third-order valence-electron chi connectivity index (χ3n) is 4.49. The van der Waals surface area contributed by atoms with Crippen LogP contribution >= 0.6 is 11.8 Å². The highest BCUT2D eigenvalue weighted by atomic mass is 32.2. The van der Waals surface area contributed by atoms with Crippen LogP contribution in [0.2, 0.25) is 0 Å². The number of aliphatic hydroxyl groups is 2. The van der Waals surface area contributed by atoms with Crippen molar-refractivity contribution in [3.8, 4) is 0 Å². The third kappa shape index (κ3) is 2.45. The summed E-state index contributed by atoms with van der Waals surface area (Å²) in [6.07, 6.45) is -0.455. The summed E-state index contributed by atoms with van der Waals surface area (Å²) in [5, 5.41) is 24.0. The lowest BCUT2D eigenvalue weighted by Gasteiger charge is -2.40. The predicted molar refractivity (Wildman–Crippen MR) is 75.4 cm³/mol. The van der Waals surface area contributed by atoms with Crippen molar-refractivity contribution in [2.24, 2.45) is 10.9 Å². The van der Waals surface area contributed by atoms with Crippen LogP contribution in [0.1, 0.15) is 25.7 Å². The molecule has 3 N–H and O–H groups in total. The van der Waals surface area contributed by atoms with Gasteiger partial charge < -0.3 is 20.3 Å². The van der Waals surface area contributed by atoms with E-state index in [1.807, 2.05) is 0 Å². The molecule has 5 nitrogen and oxygen atoms in total. The molecule has 0 aromatic heterocycles. The number of rotatable bonds is 2. The molecule has 1 saturated carbocycles. The number of alkyl halides is 1. The molecule has 0 aromatic carbocycles. The molecular weight excluding hydrogens is 283 g/mol. The average Bonchev–Trinajstić information content (AvgIpc) is 3.10. The first-order valence-electron chi connectivity index (χ1n) is 7.19. The number of fused-ring (bicyclic) bond motifs is 1. The van der Waals surface area contributed by atoms with Gasteiger partial charge in [-0.25, -0.2) is 4.39 Å². The Hall–Kier alpha value is -0.370. The molecule has 0 amide bonds. The number of hydrogen-bond acceptors (Lipinski definition) is 6. The molecule has 1 saturated heterocycles. The molecule has 0 unspecified atom stereocenters. The second-order valence-electron chi connectivity index (χ2n) is 5.73. The number of nitrogens with zero attached hydrogens (tertiary/aromatic N) is 1. The Bertz CT molecular complexity index is 392. The van der Waals surface area contributed by atoms with Crippen LogP contribution in [0.3, 0.4) is 0 Å². The van der Waals surface area contributed by atoms with Crippen molar-refractivity contribution in [2.75, 3.05) is 7.05 Å². The first-order chi connectivity index (χ1) is 9.61. The van der Waals surface area contributed by atoms with Gasteiger partial charge in [0.2, 0.25) is 0 Å². The molecule has 114 valence electrons. The lowest BCUT2D eigenvalue weighted by Crippen LogP contribution is -2.57. The van der Waals surface area contributed by atoms with Gasteiger partial charge in [-0.05, 0) is 18.8 Å². The van der Waals surface area contributed by atoms with Crippen molar-refractivity contribution in [3.05, 3.63) is 0 Å². The number of thioether (sulfide) groups is 1. The smallest absolute Gasteiger partial charge is 0.159 e. The first-order valence-corrected chi connectivity index (χ1v) is 8.07. The van der Waals surface area contributed by atoms with E-state index in [9.17, 15) is 14.6 Å². The number of halogens is 1. The summed E-state index contributed by atoms with van der Waals surface area (Å²) >= 11 is 1.32. The SMILES string of the molecule is CNC1=N[C@@H]2[C@@H](F)[C@H](O)[C@@H]([C@@H](O)C3CCCC3)O[C@@H]2S1. The van der Waals surface area contributed by atoms with Crippen LogP contribution in [0.15, 0.2) is 4.99 Å². The van der Waals surface area contributed by atoms with Gasteiger partial charge in [0.25, 0.3) is 0 Å². The van der Waals surface area contributed by atoms with Gasteiger partial charge >= 0.3 is 0 Å². The van der Waals surface area contributed by atoms with Crippen molar-refractivity contribution in [3.63, 3.8) is 0 Å². The topological polar surface area (TPSA) is 74.1 Å². The van der Waals surface area contributed by atoms with Crippen LogP contribution < -0.4 is 5.32 Å². The summed E-state index contributed by atoms with van der Waals surface area (Å²) in [5.74, 6) is 0.106. The fourth-order valence-corrected chi connectivity index (χ4v) is 4.38. The molecule has 20 heavy (non-hydrogen) atoms. The number of amidine groups is 1. The molecule has 6 atom stereocenters. The average molecular weight is 304 g/mol. The standard InChI is InChI=1S/C13H21FN2O3S/c1-15-13-16-8-7(14)10(18)11(19-12(8)20-13)9(17)6-4-2-3-5-6/h6-12,17-18H,2-5H2,1H3,(H,15,16)/t7-,8-,9+,10+,11-,12-/m1/s1.